The molecule has 3 nitrogen and oxygen atoms in total. The summed E-state index contributed by atoms with van der Waals surface area (Å²) in [5.41, 5.74) is 3.64. The molecule has 0 amide bonds. The van der Waals surface area contributed by atoms with Gasteiger partial charge in [-0.15, -0.1) is 0 Å². The minimum absolute atomic E-state index is 0.0647. The first-order chi connectivity index (χ1) is 11.1. The van der Waals surface area contributed by atoms with Crippen LogP contribution in [0.4, 0.5) is 5.69 Å². The maximum Gasteiger partial charge on any atom is 0.264 e. The quantitative estimate of drug-likeness (QED) is 0.809. The minimum atomic E-state index is -3.58. The van der Waals surface area contributed by atoms with Gasteiger partial charge in [-0.05, 0) is 54.5 Å². The van der Waals surface area contributed by atoms with Crippen molar-refractivity contribution in [3.63, 3.8) is 0 Å². The SMILES string of the molecule is Cc1ccc(C(C)(C)C)cc1S(=O)(=O)N1c2ccccc2C[C@H]1C. The molecule has 3 rings (SSSR count). The maximum atomic E-state index is 13.4. The van der Waals surface area contributed by atoms with Crippen molar-refractivity contribution in [1.29, 1.82) is 0 Å². The highest BCUT2D eigenvalue weighted by molar-refractivity contribution is 7.93. The number of hydrogen-bond acceptors (Lipinski definition) is 2. The van der Waals surface area contributed by atoms with Gasteiger partial charge in [-0.1, -0.05) is 51.1 Å². The summed E-state index contributed by atoms with van der Waals surface area (Å²) in [6.07, 6.45) is 0.757. The van der Waals surface area contributed by atoms with Crippen LogP contribution in [0.25, 0.3) is 0 Å². The molecule has 0 N–H and O–H groups in total. The Morgan fingerprint density at radius 3 is 2.42 bits per heavy atom. The van der Waals surface area contributed by atoms with E-state index in [0.717, 1.165) is 28.8 Å². The van der Waals surface area contributed by atoms with Gasteiger partial charge in [0, 0.05) is 6.04 Å². The molecule has 1 aliphatic heterocycles. The Bertz CT molecular complexity index is 879. The third-order valence-corrected chi connectivity index (χ3v) is 6.81. The normalized spacial score (nSPS) is 17.9. The zero-order valence-electron chi connectivity index (χ0n) is 15.0. The molecule has 0 bridgehead atoms. The second-order valence-electron chi connectivity index (χ2n) is 7.71. The maximum absolute atomic E-state index is 13.4. The summed E-state index contributed by atoms with van der Waals surface area (Å²) < 4.78 is 28.5. The Morgan fingerprint density at radius 2 is 1.75 bits per heavy atom. The second-order valence-corrected chi connectivity index (χ2v) is 9.50. The van der Waals surface area contributed by atoms with Gasteiger partial charge < -0.3 is 0 Å². The predicted molar refractivity (Wildman–Crippen MR) is 99.2 cm³/mol. The fourth-order valence-electron chi connectivity index (χ4n) is 3.35. The molecule has 4 heteroatoms. The van der Waals surface area contributed by atoms with Crippen LogP contribution in [0.5, 0.6) is 0 Å². The molecular weight excluding hydrogens is 318 g/mol. The van der Waals surface area contributed by atoms with E-state index in [0.29, 0.717) is 4.90 Å². The monoisotopic (exact) mass is 343 g/mol. The lowest BCUT2D eigenvalue weighted by Gasteiger charge is -2.27. The average molecular weight is 343 g/mol. The Labute approximate surface area is 145 Å². The molecule has 0 fully saturated rings. The zero-order chi connectivity index (χ0) is 17.7. The van der Waals surface area contributed by atoms with Crippen LogP contribution in [0.2, 0.25) is 0 Å². The second kappa shape index (κ2) is 5.62. The molecule has 1 atom stereocenters. The fourth-order valence-corrected chi connectivity index (χ4v) is 5.30. The van der Waals surface area contributed by atoms with Crippen LogP contribution in [0.1, 0.15) is 44.4 Å². The van der Waals surface area contributed by atoms with E-state index >= 15 is 0 Å². The highest BCUT2D eigenvalue weighted by Gasteiger charge is 2.36. The van der Waals surface area contributed by atoms with E-state index in [4.69, 9.17) is 0 Å². The van der Waals surface area contributed by atoms with Crippen LogP contribution in [-0.4, -0.2) is 14.5 Å². The zero-order valence-corrected chi connectivity index (χ0v) is 15.8. The predicted octanol–water partition coefficient (Wildman–Crippen LogP) is 4.43. The Hall–Kier alpha value is -1.81. The summed E-state index contributed by atoms with van der Waals surface area (Å²) in [5, 5.41) is 0. The molecule has 2 aromatic rings. The first-order valence-corrected chi connectivity index (χ1v) is 9.80. The van der Waals surface area contributed by atoms with E-state index in [2.05, 4.69) is 20.8 Å². The van der Waals surface area contributed by atoms with E-state index in [1.807, 2.05) is 56.3 Å². The highest BCUT2D eigenvalue weighted by Crippen LogP contribution is 2.38. The van der Waals surface area contributed by atoms with Crippen LogP contribution in [0.15, 0.2) is 47.4 Å². The van der Waals surface area contributed by atoms with Gasteiger partial charge in [0.25, 0.3) is 10.0 Å². The first-order valence-electron chi connectivity index (χ1n) is 8.36. The molecule has 0 aromatic heterocycles. The van der Waals surface area contributed by atoms with Gasteiger partial charge in [0.15, 0.2) is 0 Å². The van der Waals surface area contributed by atoms with Crippen molar-refractivity contribution in [2.24, 2.45) is 0 Å². The lowest BCUT2D eigenvalue weighted by atomic mass is 9.87. The summed E-state index contributed by atoms with van der Waals surface area (Å²) in [6.45, 7) is 10.1. The minimum Gasteiger partial charge on any atom is -0.263 e. The number of benzene rings is 2. The summed E-state index contributed by atoms with van der Waals surface area (Å²) in [4.78, 5) is 0.415. The standard InChI is InChI=1S/C20H25NO2S/c1-14-10-11-17(20(3,4)5)13-19(14)24(22,23)21-15(2)12-16-8-6-7-9-18(16)21/h6-11,13,15H,12H2,1-5H3/t15-/m1/s1. The fraction of sp³-hybridized carbons (Fsp3) is 0.400. The lowest BCUT2D eigenvalue weighted by molar-refractivity contribution is 0.577. The number of fused-ring (bicyclic) bond motifs is 1. The molecule has 0 saturated heterocycles. The largest absolute Gasteiger partial charge is 0.264 e. The molecular formula is C20H25NO2S. The molecule has 0 radical (unpaired) electrons. The van der Waals surface area contributed by atoms with Gasteiger partial charge in [-0.2, -0.15) is 0 Å². The topological polar surface area (TPSA) is 37.4 Å². The summed E-state index contributed by atoms with van der Waals surface area (Å²) in [6, 6.07) is 13.5. The van der Waals surface area contributed by atoms with Crippen molar-refractivity contribution in [2.75, 3.05) is 4.31 Å². The van der Waals surface area contributed by atoms with Gasteiger partial charge in [0.1, 0.15) is 0 Å². The van der Waals surface area contributed by atoms with E-state index in [1.165, 1.54) is 0 Å². The Morgan fingerprint density at radius 1 is 1.08 bits per heavy atom. The number of nitrogens with zero attached hydrogens (tertiary/aromatic N) is 1. The van der Waals surface area contributed by atoms with E-state index in [-0.39, 0.29) is 11.5 Å². The number of anilines is 1. The van der Waals surface area contributed by atoms with E-state index in [9.17, 15) is 8.42 Å². The number of para-hydroxylation sites is 1. The third-order valence-electron chi connectivity index (χ3n) is 4.74. The van der Waals surface area contributed by atoms with E-state index < -0.39 is 10.0 Å². The van der Waals surface area contributed by atoms with Crippen molar-refractivity contribution < 1.29 is 8.42 Å². The molecule has 1 aliphatic rings. The molecule has 0 saturated carbocycles. The molecule has 0 spiro atoms. The van der Waals surface area contributed by atoms with Gasteiger partial charge in [-0.25, -0.2) is 8.42 Å². The number of aryl methyl sites for hydroxylation is 1. The summed E-state index contributed by atoms with van der Waals surface area (Å²) in [7, 11) is -3.58. The van der Waals surface area contributed by atoms with E-state index in [1.54, 1.807) is 4.31 Å². The van der Waals surface area contributed by atoms with Crippen LogP contribution >= 0.6 is 0 Å². The third kappa shape index (κ3) is 2.73. The van der Waals surface area contributed by atoms with Crippen molar-refractivity contribution in [2.45, 2.75) is 57.4 Å². The number of sulfonamides is 1. The Balaban J connectivity index is 2.16. The van der Waals surface area contributed by atoms with Crippen LogP contribution < -0.4 is 4.31 Å². The van der Waals surface area contributed by atoms with Gasteiger partial charge >= 0.3 is 0 Å². The van der Waals surface area contributed by atoms with Gasteiger partial charge in [0.05, 0.1) is 10.6 Å². The molecule has 2 aromatic carbocycles. The summed E-state index contributed by atoms with van der Waals surface area (Å²) >= 11 is 0. The molecule has 128 valence electrons. The summed E-state index contributed by atoms with van der Waals surface area (Å²) in [5.74, 6) is 0. The van der Waals surface area contributed by atoms with Crippen molar-refractivity contribution >= 4 is 15.7 Å². The lowest BCUT2D eigenvalue weighted by Crippen LogP contribution is -2.36. The smallest absolute Gasteiger partial charge is 0.263 e. The van der Waals surface area contributed by atoms with Crippen LogP contribution in [-0.2, 0) is 21.9 Å². The van der Waals surface area contributed by atoms with Crippen molar-refractivity contribution in [3.05, 3.63) is 59.2 Å². The van der Waals surface area contributed by atoms with Gasteiger partial charge in [0.2, 0.25) is 0 Å². The van der Waals surface area contributed by atoms with Crippen LogP contribution in [0, 0.1) is 6.92 Å². The number of rotatable bonds is 2. The molecule has 24 heavy (non-hydrogen) atoms. The van der Waals surface area contributed by atoms with Crippen molar-refractivity contribution in [3.8, 4) is 0 Å². The molecule has 0 unspecified atom stereocenters. The molecule has 1 heterocycles. The molecule has 0 aliphatic carbocycles. The van der Waals surface area contributed by atoms with Crippen molar-refractivity contribution in [1.82, 2.24) is 0 Å². The Kier molecular flexibility index (Phi) is 3.99. The average Bonchev–Trinajstić information content (AvgIpc) is 2.82. The first kappa shape index (κ1) is 17.0. The highest BCUT2D eigenvalue weighted by atomic mass is 32.2. The number of hydrogen-bond donors (Lipinski definition) is 0. The van der Waals surface area contributed by atoms with Gasteiger partial charge in [-0.3, -0.25) is 4.31 Å². The van der Waals surface area contributed by atoms with Crippen LogP contribution in [0.3, 0.4) is 0 Å².